The van der Waals surface area contributed by atoms with E-state index in [0.29, 0.717) is 11.6 Å². The summed E-state index contributed by atoms with van der Waals surface area (Å²) in [7, 11) is 1.53. The fourth-order valence-corrected chi connectivity index (χ4v) is 1.87. The van der Waals surface area contributed by atoms with Crippen LogP contribution in [0.5, 0.6) is 5.88 Å². The number of hydrogen-bond donors (Lipinski definition) is 1. The maximum atomic E-state index is 11.8. The molecule has 0 spiro atoms. The number of aromatic nitrogens is 2. The van der Waals surface area contributed by atoms with E-state index in [0.717, 1.165) is 10.0 Å². The minimum absolute atomic E-state index is 0.0411. The molecular formula is C12H12BrN3O3. The van der Waals surface area contributed by atoms with E-state index in [1.165, 1.54) is 13.3 Å². The molecule has 7 heteroatoms. The minimum Gasteiger partial charge on any atom is -0.481 e. The quantitative estimate of drug-likeness (QED) is 0.931. The molecule has 2 aromatic rings. The Morgan fingerprint density at radius 1 is 1.47 bits per heavy atom. The highest BCUT2D eigenvalue weighted by Gasteiger charge is 2.13. The van der Waals surface area contributed by atoms with E-state index in [4.69, 9.17) is 9.15 Å². The van der Waals surface area contributed by atoms with Gasteiger partial charge in [-0.3, -0.25) is 4.79 Å². The number of oxazole rings is 1. The van der Waals surface area contributed by atoms with Crippen LogP contribution in [0.25, 0.3) is 0 Å². The smallest absolute Gasteiger partial charge is 0.307 e. The number of halogens is 1. The van der Waals surface area contributed by atoms with Crippen molar-refractivity contribution in [3.63, 3.8) is 0 Å². The first-order valence-corrected chi connectivity index (χ1v) is 6.28. The number of rotatable bonds is 4. The number of hydrogen-bond acceptors (Lipinski definition) is 5. The molecule has 0 unspecified atom stereocenters. The highest BCUT2D eigenvalue weighted by molar-refractivity contribution is 9.10. The van der Waals surface area contributed by atoms with Gasteiger partial charge in [0.05, 0.1) is 13.3 Å². The number of nitrogens with one attached hydrogen (secondary N) is 1. The number of nitrogens with zero attached hydrogens (tertiary/aromatic N) is 2. The van der Waals surface area contributed by atoms with Gasteiger partial charge < -0.3 is 14.5 Å². The number of methoxy groups -OCH3 is 1. The van der Waals surface area contributed by atoms with Crippen LogP contribution in [0.3, 0.4) is 0 Å². The standard InChI is InChI=1S/C12H12BrN3O3/c1-7-4-15-12(19-7)10(17)14-5-8-3-9(13)6-16-11(8)18-2/h3-4,6H,5H2,1-2H3,(H,14,17). The molecule has 2 rings (SSSR count). The maximum absolute atomic E-state index is 11.8. The van der Waals surface area contributed by atoms with Gasteiger partial charge in [-0.05, 0) is 28.9 Å². The van der Waals surface area contributed by atoms with Crippen LogP contribution in [0.4, 0.5) is 0 Å². The fraction of sp³-hybridized carbons (Fsp3) is 0.250. The zero-order valence-electron chi connectivity index (χ0n) is 10.4. The normalized spacial score (nSPS) is 10.3. The van der Waals surface area contributed by atoms with E-state index in [1.807, 2.05) is 6.07 Å². The van der Waals surface area contributed by atoms with E-state index in [9.17, 15) is 4.79 Å². The molecule has 2 aromatic heterocycles. The molecule has 0 aromatic carbocycles. The van der Waals surface area contributed by atoms with E-state index in [2.05, 4.69) is 31.2 Å². The van der Waals surface area contributed by atoms with Crippen molar-refractivity contribution >= 4 is 21.8 Å². The van der Waals surface area contributed by atoms with Gasteiger partial charge in [0, 0.05) is 22.8 Å². The van der Waals surface area contributed by atoms with E-state index >= 15 is 0 Å². The number of carbonyl (C=O) groups is 1. The van der Waals surface area contributed by atoms with Crippen molar-refractivity contribution in [3.05, 3.63) is 40.1 Å². The highest BCUT2D eigenvalue weighted by Crippen LogP contribution is 2.19. The predicted octanol–water partition coefficient (Wildman–Crippen LogP) is 2.08. The molecule has 0 aliphatic carbocycles. The number of amides is 1. The van der Waals surface area contributed by atoms with Crippen molar-refractivity contribution < 1.29 is 13.9 Å². The third-order valence-electron chi connectivity index (χ3n) is 2.34. The van der Waals surface area contributed by atoms with Crippen LogP contribution >= 0.6 is 15.9 Å². The number of carbonyl (C=O) groups excluding carboxylic acids is 1. The van der Waals surface area contributed by atoms with Crippen LogP contribution in [0.1, 0.15) is 22.0 Å². The first-order valence-electron chi connectivity index (χ1n) is 5.49. The van der Waals surface area contributed by atoms with Gasteiger partial charge in [-0.15, -0.1) is 0 Å². The third-order valence-corrected chi connectivity index (χ3v) is 2.77. The molecule has 2 heterocycles. The molecule has 0 aliphatic heterocycles. The summed E-state index contributed by atoms with van der Waals surface area (Å²) in [6.07, 6.45) is 3.12. The van der Waals surface area contributed by atoms with Crippen LogP contribution < -0.4 is 10.1 Å². The van der Waals surface area contributed by atoms with E-state index < -0.39 is 0 Å². The molecule has 0 saturated carbocycles. The van der Waals surface area contributed by atoms with Crippen LogP contribution in [-0.4, -0.2) is 23.0 Å². The first kappa shape index (κ1) is 13.5. The largest absolute Gasteiger partial charge is 0.481 e. The van der Waals surface area contributed by atoms with Crippen LogP contribution in [0.2, 0.25) is 0 Å². The molecule has 1 N–H and O–H groups in total. The summed E-state index contributed by atoms with van der Waals surface area (Å²) in [5.74, 6) is 0.716. The zero-order valence-corrected chi connectivity index (χ0v) is 12.0. The Hall–Kier alpha value is -1.89. The van der Waals surface area contributed by atoms with Crippen LogP contribution in [0.15, 0.2) is 27.3 Å². The third kappa shape index (κ3) is 3.31. The Labute approximate surface area is 118 Å². The summed E-state index contributed by atoms with van der Waals surface area (Å²) >= 11 is 3.32. The molecule has 0 aliphatic rings. The average Bonchev–Trinajstić information content (AvgIpc) is 2.83. The van der Waals surface area contributed by atoms with Crippen molar-refractivity contribution in [2.75, 3.05) is 7.11 Å². The monoisotopic (exact) mass is 325 g/mol. The van der Waals surface area contributed by atoms with Gasteiger partial charge in [-0.2, -0.15) is 0 Å². The van der Waals surface area contributed by atoms with Gasteiger partial charge >= 0.3 is 5.91 Å². The molecule has 0 atom stereocenters. The zero-order chi connectivity index (χ0) is 13.8. The lowest BCUT2D eigenvalue weighted by Crippen LogP contribution is -2.23. The van der Waals surface area contributed by atoms with Crippen LogP contribution in [0, 0.1) is 6.92 Å². The first-order chi connectivity index (χ1) is 9.10. The Bertz CT molecular complexity index is 598. The number of ether oxygens (including phenoxy) is 1. The van der Waals surface area contributed by atoms with Gasteiger partial charge in [-0.25, -0.2) is 9.97 Å². The second kappa shape index (κ2) is 5.83. The molecular weight excluding hydrogens is 314 g/mol. The summed E-state index contributed by atoms with van der Waals surface area (Å²) in [5, 5.41) is 2.69. The average molecular weight is 326 g/mol. The highest BCUT2D eigenvalue weighted by atomic mass is 79.9. The molecule has 19 heavy (non-hydrogen) atoms. The van der Waals surface area contributed by atoms with Gasteiger partial charge in [-0.1, -0.05) is 0 Å². The topological polar surface area (TPSA) is 77.2 Å². The lowest BCUT2D eigenvalue weighted by atomic mass is 10.2. The Kier molecular flexibility index (Phi) is 4.16. The van der Waals surface area contributed by atoms with Gasteiger partial charge in [0.2, 0.25) is 5.88 Å². The van der Waals surface area contributed by atoms with Gasteiger partial charge in [0.15, 0.2) is 0 Å². The lowest BCUT2D eigenvalue weighted by molar-refractivity contribution is 0.0914. The second-order valence-electron chi connectivity index (χ2n) is 3.78. The maximum Gasteiger partial charge on any atom is 0.307 e. The molecule has 0 radical (unpaired) electrons. The molecule has 1 amide bonds. The molecule has 0 fully saturated rings. The minimum atomic E-state index is -0.380. The lowest BCUT2D eigenvalue weighted by Gasteiger charge is -2.08. The van der Waals surface area contributed by atoms with Crippen molar-refractivity contribution in [1.82, 2.24) is 15.3 Å². The summed E-state index contributed by atoms with van der Waals surface area (Å²) in [6.45, 7) is 2.00. The number of aryl methyl sites for hydroxylation is 1. The van der Waals surface area contributed by atoms with Gasteiger partial charge in [0.25, 0.3) is 5.89 Å². The summed E-state index contributed by atoms with van der Waals surface area (Å²) in [5.41, 5.74) is 0.758. The SMILES string of the molecule is COc1ncc(Br)cc1CNC(=O)c1ncc(C)o1. The van der Waals surface area contributed by atoms with Crippen molar-refractivity contribution in [2.24, 2.45) is 0 Å². The van der Waals surface area contributed by atoms with Crippen molar-refractivity contribution in [2.45, 2.75) is 13.5 Å². The second-order valence-corrected chi connectivity index (χ2v) is 4.70. The van der Waals surface area contributed by atoms with Crippen molar-refractivity contribution in [1.29, 1.82) is 0 Å². The summed E-state index contributed by atoms with van der Waals surface area (Å²) in [6, 6.07) is 1.83. The Morgan fingerprint density at radius 3 is 2.89 bits per heavy atom. The van der Waals surface area contributed by atoms with E-state index in [-0.39, 0.29) is 18.3 Å². The van der Waals surface area contributed by atoms with Crippen molar-refractivity contribution in [3.8, 4) is 5.88 Å². The Balaban J connectivity index is 2.06. The summed E-state index contributed by atoms with van der Waals surface area (Å²) < 4.78 is 11.1. The molecule has 0 saturated heterocycles. The molecule has 100 valence electrons. The molecule has 6 nitrogen and oxygen atoms in total. The summed E-state index contributed by atoms with van der Waals surface area (Å²) in [4.78, 5) is 19.7. The van der Waals surface area contributed by atoms with Crippen LogP contribution in [-0.2, 0) is 6.54 Å². The molecule has 0 bridgehead atoms. The number of pyridine rings is 1. The van der Waals surface area contributed by atoms with E-state index in [1.54, 1.807) is 13.1 Å². The Morgan fingerprint density at radius 2 is 2.26 bits per heavy atom. The fourth-order valence-electron chi connectivity index (χ4n) is 1.49. The predicted molar refractivity (Wildman–Crippen MR) is 70.9 cm³/mol. The van der Waals surface area contributed by atoms with Gasteiger partial charge in [0.1, 0.15) is 5.76 Å².